The molecule has 0 saturated heterocycles. The Labute approximate surface area is 155 Å². The molecule has 2 aromatic carbocycles. The van der Waals surface area contributed by atoms with E-state index in [9.17, 15) is 9.18 Å². The second-order valence-electron chi connectivity index (χ2n) is 6.28. The maximum Gasteiger partial charge on any atom is 0.322 e. The van der Waals surface area contributed by atoms with E-state index in [1.807, 2.05) is 30.3 Å². The number of fused-ring (bicyclic) bond motifs is 1. The number of hydrogen-bond acceptors (Lipinski definition) is 3. The minimum atomic E-state index is -0.723. The summed E-state index contributed by atoms with van der Waals surface area (Å²) in [5, 5.41) is 19.0. The monoisotopic (exact) mass is 361 g/mol. The van der Waals surface area contributed by atoms with Gasteiger partial charge in [0.25, 0.3) is 0 Å². The van der Waals surface area contributed by atoms with Crippen molar-refractivity contribution in [2.75, 3.05) is 11.9 Å². The van der Waals surface area contributed by atoms with Crippen molar-refractivity contribution in [1.29, 1.82) is 5.26 Å². The lowest BCUT2D eigenvalue weighted by Gasteiger charge is -2.27. The highest BCUT2D eigenvalue weighted by Crippen LogP contribution is 2.28. The van der Waals surface area contributed by atoms with Crippen LogP contribution in [0.5, 0.6) is 0 Å². The van der Waals surface area contributed by atoms with Crippen molar-refractivity contribution in [3.05, 3.63) is 71.2 Å². The van der Waals surface area contributed by atoms with E-state index in [0.717, 1.165) is 22.5 Å². The van der Waals surface area contributed by atoms with Gasteiger partial charge in [0.15, 0.2) is 5.82 Å². The number of nitriles is 1. The van der Waals surface area contributed by atoms with E-state index in [4.69, 9.17) is 5.26 Å². The van der Waals surface area contributed by atoms with Crippen molar-refractivity contribution in [3.8, 4) is 17.3 Å². The quantitative estimate of drug-likeness (QED) is 0.730. The Hall–Kier alpha value is -3.66. The predicted molar refractivity (Wildman–Crippen MR) is 98.3 cm³/mol. The summed E-state index contributed by atoms with van der Waals surface area (Å²) in [4.78, 5) is 14.2. The number of H-pyrrole nitrogens is 1. The Morgan fingerprint density at radius 1 is 1.22 bits per heavy atom. The van der Waals surface area contributed by atoms with Crippen LogP contribution < -0.4 is 5.32 Å². The number of urea groups is 1. The van der Waals surface area contributed by atoms with Crippen molar-refractivity contribution in [2.24, 2.45) is 0 Å². The maximum atomic E-state index is 14.2. The first-order valence-electron chi connectivity index (χ1n) is 8.53. The van der Waals surface area contributed by atoms with Gasteiger partial charge in [0, 0.05) is 29.8 Å². The molecule has 0 spiro atoms. The van der Waals surface area contributed by atoms with Crippen LogP contribution in [-0.4, -0.2) is 27.7 Å². The summed E-state index contributed by atoms with van der Waals surface area (Å²) in [6.45, 7) is 0.871. The average molecular weight is 361 g/mol. The van der Waals surface area contributed by atoms with E-state index in [0.29, 0.717) is 19.5 Å². The lowest BCUT2D eigenvalue weighted by atomic mass is 10.0. The molecule has 1 aromatic heterocycles. The maximum absolute atomic E-state index is 14.2. The molecule has 1 aliphatic heterocycles. The van der Waals surface area contributed by atoms with E-state index in [1.54, 1.807) is 11.0 Å². The van der Waals surface area contributed by atoms with Gasteiger partial charge in [-0.1, -0.05) is 36.4 Å². The number of carbonyl (C=O) groups is 1. The molecular weight excluding hydrogens is 345 g/mol. The van der Waals surface area contributed by atoms with Crippen molar-refractivity contribution in [1.82, 2.24) is 15.1 Å². The van der Waals surface area contributed by atoms with Gasteiger partial charge in [0.1, 0.15) is 6.07 Å². The summed E-state index contributed by atoms with van der Waals surface area (Å²) in [5.41, 5.74) is 3.67. The highest BCUT2D eigenvalue weighted by molar-refractivity contribution is 5.90. The summed E-state index contributed by atoms with van der Waals surface area (Å²) in [7, 11) is 0. The molecule has 0 unspecified atom stereocenters. The minimum absolute atomic E-state index is 0.000299. The van der Waals surface area contributed by atoms with Crippen LogP contribution in [0.15, 0.2) is 48.5 Å². The highest BCUT2D eigenvalue weighted by atomic mass is 19.1. The molecule has 6 nitrogen and oxygen atoms in total. The smallest absolute Gasteiger partial charge is 0.320 e. The lowest BCUT2D eigenvalue weighted by molar-refractivity contribution is 0.206. The fourth-order valence-electron chi connectivity index (χ4n) is 3.21. The summed E-state index contributed by atoms with van der Waals surface area (Å²) < 4.78 is 14.2. The zero-order valence-electron chi connectivity index (χ0n) is 14.4. The van der Waals surface area contributed by atoms with Crippen LogP contribution in [0.3, 0.4) is 0 Å². The largest absolute Gasteiger partial charge is 0.322 e. The average Bonchev–Trinajstić information content (AvgIpc) is 3.13. The molecule has 2 N–H and O–H groups in total. The third-order valence-corrected chi connectivity index (χ3v) is 4.63. The molecule has 27 heavy (non-hydrogen) atoms. The summed E-state index contributed by atoms with van der Waals surface area (Å²) in [6.07, 6.45) is 0.642. The zero-order valence-corrected chi connectivity index (χ0v) is 14.4. The number of carbonyl (C=O) groups excluding carboxylic acids is 1. The summed E-state index contributed by atoms with van der Waals surface area (Å²) in [5.74, 6) is -0.723. The normalized spacial score (nSPS) is 13.0. The van der Waals surface area contributed by atoms with Crippen LogP contribution >= 0.6 is 0 Å². The second-order valence-corrected chi connectivity index (χ2v) is 6.28. The van der Waals surface area contributed by atoms with E-state index in [1.165, 1.54) is 18.2 Å². The van der Waals surface area contributed by atoms with Crippen LogP contribution in [0, 0.1) is 17.1 Å². The Bertz CT molecular complexity index is 1040. The van der Waals surface area contributed by atoms with Crippen molar-refractivity contribution in [3.63, 3.8) is 0 Å². The molecule has 0 aliphatic carbocycles. The number of anilines is 1. The summed E-state index contributed by atoms with van der Waals surface area (Å²) >= 11 is 0. The number of rotatable bonds is 2. The Balaban J connectivity index is 1.56. The molecule has 2 heterocycles. The minimum Gasteiger partial charge on any atom is -0.320 e. The third kappa shape index (κ3) is 3.13. The molecule has 3 aromatic rings. The Morgan fingerprint density at radius 2 is 2.04 bits per heavy atom. The molecule has 2 amide bonds. The van der Waals surface area contributed by atoms with Gasteiger partial charge in [0.2, 0.25) is 0 Å². The third-order valence-electron chi connectivity index (χ3n) is 4.63. The van der Waals surface area contributed by atoms with Gasteiger partial charge in [-0.15, -0.1) is 0 Å². The van der Waals surface area contributed by atoms with E-state index in [2.05, 4.69) is 15.5 Å². The van der Waals surface area contributed by atoms with Crippen LogP contribution in [-0.2, 0) is 13.0 Å². The topological polar surface area (TPSA) is 84.8 Å². The van der Waals surface area contributed by atoms with Gasteiger partial charge in [-0.05, 0) is 12.1 Å². The van der Waals surface area contributed by atoms with Gasteiger partial charge < -0.3 is 10.2 Å². The number of nitrogens with zero attached hydrogens (tertiary/aromatic N) is 3. The van der Waals surface area contributed by atoms with Crippen LogP contribution in [0.4, 0.5) is 14.9 Å². The van der Waals surface area contributed by atoms with Crippen molar-refractivity contribution >= 4 is 11.7 Å². The number of aromatic amines is 1. The molecule has 4 rings (SSSR count). The molecule has 134 valence electrons. The Morgan fingerprint density at radius 3 is 2.81 bits per heavy atom. The molecular formula is C20H16FN5O. The number of halogens is 1. The predicted octanol–water partition coefficient (Wildman–Crippen LogP) is 3.68. The molecule has 0 radical (unpaired) electrons. The fourth-order valence-corrected chi connectivity index (χ4v) is 3.21. The number of amides is 2. The molecule has 0 bridgehead atoms. The first-order chi connectivity index (χ1) is 13.2. The summed E-state index contributed by atoms with van der Waals surface area (Å²) in [6, 6.07) is 15.5. The number of nitrogens with one attached hydrogen (secondary N) is 2. The molecule has 0 fully saturated rings. The standard InChI is InChI=1S/C20H16FN5O/c21-18-14(11-22)7-4-8-17(18)23-20(27)26-10-9-16-15(12-26)19(25-24-16)13-5-2-1-3-6-13/h1-8H,9-10,12H2,(H,23,27)(H,24,25). The molecule has 1 aliphatic rings. The van der Waals surface area contributed by atoms with E-state index < -0.39 is 11.8 Å². The Kier molecular flexibility index (Phi) is 4.30. The van der Waals surface area contributed by atoms with Crippen LogP contribution in [0.1, 0.15) is 16.8 Å². The molecule has 0 atom stereocenters. The highest BCUT2D eigenvalue weighted by Gasteiger charge is 2.26. The first-order valence-corrected chi connectivity index (χ1v) is 8.53. The molecule has 0 saturated carbocycles. The number of benzene rings is 2. The van der Waals surface area contributed by atoms with Gasteiger partial charge in [0.05, 0.1) is 23.5 Å². The van der Waals surface area contributed by atoms with Gasteiger partial charge in [-0.3, -0.25) is 5.10 Å². The lowest BCUT2D eigenvalue weighted by Crippen LogP contribution is -2.39. The fraction of sp³-hybridized carbons (Fsp3) is 0.150. The van der Waals surface area contributed by atoms with Crippen molar-refractivity contribution in [2.45, 2.75) is 13.0 Å². The zero-order chi connectivity index (χ0) is 18.8. The molecule has 7 heteroatoms. The number of aromatic nitrogens is 2. The van der Waals surface area contributed by atoms with Gasteiger partial charge >= 0.3 is 6.03 Å². The second kappa shape index (κ2) is 6.92. The first kappa shape index (κ1) is 16.8. The van der Waals surface area contributed by atoms with Crippen LogP contribution in [0.2, 0.25) is 0 Å². The van der Waals surface area contributed by atoms with E-state index in [-0.39, 0.29) is 11.3 Å². The van der Waals surface area contributed by atoms with Crippen molar-refractivity contribution < 1.29 is 9.18 Å². The van der Waals surface area contributed by atoms with Gasteiger partial charge in [-0.2, -0.15) is 10.4 Å². The van der Waals surface area contributed by atoms with Gasteiger partial charge in [-0.25, -0.2) is 9.18 Å². The van der Waals surface area contributed by atoms with E-state index >= 15 is 0 Å². The number of hydrogen-bond donors (Lipinski definition) is 2. The SMILES string of the molecule is N#Cc1cccc(NC(=O)N2CCc3[nH]nc(-c4ccccc4)c3C2)c1F. The van der Waals surface area contributed by atoms with Crippen LogP contribution in [0.25, 0.3) is 11.3 Å².